The van der Waals surface area contributed by atoms with Crippen molar-refractivity contribution in [2.24, 2.45) is 0 Å². The fourth-order valence-electron chi connectivity index (χ4n) is 2.02. The van der Waals surface area contributed by atoms with Gasteiger partial charge in [-0.05, 0) is 12.1 Å². The number of hydrogen-bond acceptors (Lipinski definition) is 4. The molecule has 0 spiro atoms. The van der Waals surface area contributed by atoms with Crippen molar-refractivity contribution in [3.05, 3.63) is 47.1 Å². The van der Waals surface area contributed by atoms with Crippen molar-refractivity contribution in [1.82, 2.24) is 14.6 Å². The van der Waals surface area contributed by atoms with Crippen LogP contribution in [0, 0.1) is 0 Å². The van der Waals surface area contributed by atoms with Gasteiger partial charge in [0.15, 0.2) is 5.65 Å². The van der Waals surface area contributed by atoms with Crippen LogP contribution in [0.25, 0.3) is 16.8 Å². The first-order chi connectivity index (χ1) is 9.56. The Morgan fingerprint density at radius 3 is 2.75 bits per heavy atom. The number of fused-ring (bicyclic) bond motifs is 1. The Labute approximate surface area is 118 Å². The maximum absolute atomic E-state index is 11.4. The molecule has 2 heterocycles. The van der Waals surface area contributed by atoms with E-state index >= 15 is 0 Å². The molecule has 1 aromatic carbocycles. The van der Waals surface area contributed by atoms with Gasteiger partial charge < -0.3 is 10.8 Å². The molecule has 20 heavy (non-hydrogen) atoms. The number of nitrogens with zero attached hydrogens (tertiary/aromatic N) is 3. The van der Waals surface area contributed by atoms with Gasteiger partial charge in [-0.3, -0.25) is 0 Å². The monoisotopic (exact) mass is 288 g/mol. The summed E-state index contributed by atoms with van der Waals surface area (Å²) in [7, 11) is 0. The molecule has 0 aliphatic carbocycles. The van der Waals surface area contributed by atoms with E-state index in [2.05, 4.69) is 10.1 Å². The zero-order valence-corrected chi connectivity index (χ0v) is 10.9. The van der Waals surface area contributed by atoms with Crippen LogP contribution in [0.3, 0.4) is 0 Å². The molecule has 0 unspecified atom stereocenters. The molecule has 0 saturated carbocycles. The first-order valence-corrected chi connectivity index (χ1v) is 6.08. The number of halogens is 1. The van der Waals surface area contributed by atoms with Crippen LogP contribution in [-0.2, 0) is 0 Å². The lowest BCUT2D eigenvalue weighted by atomic mass is 10.0. The van der Waals surface area contributed by atoms with Crippen molar-refractivity contribution in [2.45, 2.75) is 0 Å². The maximum Gasteiger partial charge on any atom is 0.336 e. The number of rotatable bonds is 2. The van der Waals surface area contributed by atoms with E-state index < -0.39 is 5.97 Å². The number of hydrogen-bond donors (Lipinski definition) is 2. The zero-order valence-electron chi connectivity index (χ0n) is 10.1. The molecule has 2 aromatic heterocycles. The Morgan fingerprint density at radius 2 is 2.05 bits per heavy atom. The third kappa shape index (κ3) is 1.96. The summed E-state index contributed by atoms with van der Waals surface area (Å²) in [6.07, 6.45) is 1.56. The smallest absolute Gasteiger partial charge is 0.336 e. The van der Waals surface area contributed by atoms with Gasteiger partial charge in [0.2, 0.25) is 5.95 Å². The van der Waals surface area contributed by atoms with Crippen LogP contribution < -0.4 is 5.73 Å². The van der Waals surface area contributed by atoms with Crippen molar-refractivity contribution in [1.29, 1.82) is 0 Å². The molecular weight excluding hydrogens is 280 g/mol. The summed E-state index contributed by atoms with van der Waals surface area (Å²) >= 11 is 6.13. The van der Waals surface area contributed by atoms with Crippen LogP contribution >= 0.6 is 11.6 Å². The van der Waals surface area contributed by atoms with Crippen LogP contribution in [0.2, 0.25) is 5.02 Å². The number of aromatic nitrogens is 3. The minimum absolute atomic E-state index is 0.0812. The van der Waals surface area contributed by atoms with E-state index in [9.17, 15) is 9.90 Å². The Bertz CT molecular complexity index is 828. The Hall–Kier alpha value is -2.60. The van der Waals surface area contributed by atoms with Crippen LogP contribution in [0.15, 0.2) is 36.5 Å². The van der Waals surface area contributed by atoms with Crippen LogP contribution in [0.4, 0.5) is 5.95 Å². The number of carboxylic acid groups (broad SMARTS) is 1. The SMILES string of the molecule is Nc1nc2cc(C(=O)O)c(-c3ccccc3Cl)cn2n1. The average molecular weight is 289 g/mol. The predicted octanol–water partition coefficient (Wildman–Crippen LogP) is 2.33. The summed E-state index contributed by atoms with van der Waals surface area (Å²) in [5.74, 6) is -0.985. The molecule has 0 fully saturated rings. The van der Waals surface area contributed by atoms with Gasteiger partial charge in [-0.25, -0.2) is 9.31 Å². The number of benzene rings is 1. The topological polar surface area (TPSA) is 93.5 Å². The summed E-state index contributed by atoms with van der Waals surface area (Å²) in [6.45, 7) is 0. The summed E-state index contributed by atoms with van der Waals surface area (Å²) in [4.78, 5) is 15.4. The highest BCUT2D eigenvalue weighted by Gasteiger charge is 2.16. The second-order valence-electron chi connectivity index (χ2n) is 4.16. The van der Waals surface area contributed by atoms with Crippen molar-refractivity contribution in [3.63, 3.8) is 0 Å². The largest absolute Gasteiger partial charge is 0.478 e. The second-order valence-corrected chi connectivity index (χ2v) is 4.57. The number of pyridine rings is 1. The van der Waals surface area contributed by atoms with Crippen molar-refractivity contribution in [3.8, 4) is 11.1 Å². The van der Waals surface area contributed by atoms with Gasteiger partial charge >= 0.3 is 5.97 Å². The van der Waals surface area contributed by atoms with E-state index in [1.54, 1.807) is 30.5 Å². The Kier molecular flexibility index (Phi) is 2.80. The lowest BCUT2D eigenvalue weighted by Crippen LogP contribution is -2.03. The van der Waals surface area contributed by atoms with E-state index in [0.717, 1.165) is 0 Å². The van der Waals surface area contributed by atoms with Gasteiger partial charge in [-0.15, -0.1) is 5.10 Å². The molecule has 6 nitrogen and oxygen atoms in total. The molecule has 100 valence electrons. The van der Waals surface area contributed by atoms with E-state index in [0.29, 0.717) is 21.8 Å². The molecule has 3 rings (SSSR count). The first kappa shape index (κ1) is 12.4. The van der Waals surface area contributed by atoms with E-state index in [-0.39, 0.29) is 11.5 Å². The summed E-state index contributed by atoms with van der Waals surface area (Å²) in [6, 6.07) is 8.42. The average Bonchev–Trinajstić information content (AvgIpc) is 2.77. The normalized spacial score (nSPS) is 10.8. The lowest BCUT2D eigenvalue weighted by Gasteiger charge is -2.08. The number of aromatic carboxylic acids is 1. The number of nitrogens with two attached hydrogens (primary N) is 1. The first-order valence-electron chi connectivity index (χ1n) is 5.70. The number of nitrogen functional groups attached to an aromatic ring is 1. The summed E-state index contributed by atoms with van der Waals surface area (Å²) in [5.41, 5.74) is 7.06. The third-order valence-electron chi connectivity index (χ3n) is 2.88. The fourth-order valence-corrected chi connectivity index (χ4v) is 2.25. The molecule has 0 aliphatic heterocycles. The van der Waals surface area contributed by atoms with Crippen molar-refractivity contribution < 1.29 is 9.90 Å². The Balaban J connectivity index is 2.35. The molecule has 0 atom stereocenters. The summed E-state index contributed by atoms with van der Waals surface area (Å²) < 4.78 is 1.43. The van der Waals surface area contributed by atoms with E-state index in [1.165, 1.54) is 10.6 Å². The second kappa shape index (κ2) is 4.50. The number of anilines is 1. The highest BCUT2D eigenvalue weighted by Crippen LogP contribution is 2.30. The molecule has 0 saturated heterocycles. The van der Waals surface area contributed by atoms with E-state index in [1.807, 2.05) is 0 Å². The van der Waals surface area contributed by atoms with Gasteiger partial charge in [0.1, 0.15) is 0 Å². The van der Waals surface area contributed by atoms with E-state index in [4.69, 9.17) is 17.3 Å². The highest BCUT2D eigenvalue weighted by molar-refractivity contribution is 6.33. The highest BCUT2D eigenvalue weighted by atomic mass is 35.5. The van der Waals surface area contributed by atoms with Gasteiger partial charge in [0.25, 0.3) is 0 Å². The molecule has 3 aromatic rings. The standard InChI is InChI=1S/C13H9ClN4O2/c14-10-4-2-1-3-7(10)9-6-18-11(16-13(15)17-18)5-8(9)12(19)20/h1-6H,(H2,15,17)(H,19,20). The molecule has 3 N–H and O–H groups in total. The molecular formula is C13H9ClN4O2. The molecule has 0 amide bonds. The Morgan fingerprint density at radius 1 is 1.30 bits per heavy atom. The van der Waals surface area contributed by atoms with Crippen molar-refractivity contribution in [2.75, 3.05) is 5.73 Å². The minimum Gasteiger partial charge on any atom is -0.478 e. The fraction of sp³-hybridized carbons (Fsp3) is 0. The minimum atomic E-state index is -1.07. The third-order valence-corrected chi connectivity index (χ3v) is 3.21. The molecule has 0 bridgehead atoms. The predicted molar refractivity (Wildman–Crippen MR) is 74.8 cm³/mol. The molecule has 0 aliphatic rings. The van der Waals surface area contributed by atoms with Gasteiger partial charge in [-0.2, -0.15) is 4.98 Å². The van der Waals surface area contributed by atoms with Crippen LogP contribution in [0.1, 0.15) is 10.4 Å². The lowest BCUT2D eigenvalue weighted by molar-refractivity contribution is 0.0697. The molecule has 7 heteroatoms. The summed E-state index contributed by atoms with van der Waals surface area (Å²) in [5, 5.41) is 13.8. The maximum atomic E-state index is 11.4. The number of carboxylic acids is 1. The van der Waals surface area contributed by atoms with Crippen LogP contribution in [-0.4, -0.2) is 25.7 Å². The quantitative estimate of drug-likeness (QED) is 0.755. The van der Waals surface area contributed by atoms with Crippen LogP contribution in [0.5, 0.6) is 0 Å². The number of carbonyl (C=O) groups is 1. The zero-order chi connectivity index (χ0) is 14.3. The van der Waals surface area contributed by atoms with Gasteiger partial charge in [-0.1, -0.05) is 29.8 Å². The van der Waals surface area contributed by atoms with Gasteiger partial charge in [0, 0.05) is 22.3 Å². The molecule has 0 radical (unpaired) electrons. The van der Waals surface area contributed by atoms with Gasteiger partial charge in [0.05, 0.1) is 5.56 Å². The van der Waals surface area contributed by atoms with Crippen molar-refractivity contribution >= 4 is 29.2 Å².